The van der Waals surface area contributed by atoms with Gasteiger partial charge in [-0.2, -0.15) is 5.10 Å². The molecule has 0 bridgehead atoms. The van der Waals surface area contributed by atoms with Crippen LogP contribution in [0.3, 0.4) is 0 Å². The average Bonchev–Trinajstić information content (AvgIpc) is 3.44. The highest BCUT2D eigenvalue weighted by atomic mass is 32.1. The van der Waals surface area contributed by atoms with Crippen LogP contribution >= 0.6 is 11.3 Å². The van der Waals surface area contributed by atoms with Gasteiger partial charge in [0.15, 0.2) is 0 Å². The lowest BCUT2D eigenvalue weighted by molar-refractivity contribution is -0.0116. The maximum absolute atomic E-state index is 13.1. The van der Waals surface area contributed by atoms with Crippen molar-refractivity contribution in [3.05, 3.63) is 64.9 Å². The molecular formula is C25H27N5O2S. The topological polar surface area (TPSA) is 81.9 Å². The van der Waals surface area contributed by atoms with Crippen LogP contribution in [0.2, 0.25) is 0 Å². The summed E-state index contributed by atoms with van der Waals surface area (Å²) in [7, 11) is 1.89. The van der Waals surface area contributed by atoms with Crippen LogP contribution in [-0.2, 0) is 18.2 Å². The number of nitrogens with zero attached hydrogens (tertiary/aromatic N) is 4. The fourth-order valence-electron chi connectivity index (χ4n) is 4.26. The largest absolute Gasteiger partial charge is 0.381 e. The number of carbonyl (C=O) groups is 1. The SMILES string of the molecule is Cn1ccc(-c2ccc(Cc3cc(C(=O)NC4CCOCC4(C)C)nc4sccc34)cn2)n1. The monoisotopic (exact) mass is 461 g/mol. The van der Waals surface area contributed by atoms with E-state index in [0.29, 0.717) is 25.3 Å². The number of hydrogen-bond acceptors (Lipinski definition) is 6. The highest BCUT2D eigenvalue weighted by molar-refractivity contribution is 7.16. The Morgan fingerprint density at radius 2 is 2.15 bits per heavy atom. The van der Waals surface area contributed by atoms with Crippen LogP contribution < -0.4 is 5.32 Å². The molecule has 1 fully saturated rings. The maximum atomic E-state index is 13.1. The molecule has 1 aliphatic heterocycles. The van der Waals surface area contributed by atoms with Gasteiger partial charge in [-0.25, -0.2) is 4.98 Å². The first-order chi connectivity index (χ1) is 15.9. The fourth-order valence-corrected chi connectivity index (χ4v) is 5.07. The van der Waals surface area contributed by atoms with Crippen molar-refractivity contribution < 1.29 is 9.53 Å². The summed E-state index contributed by atoms with van der Waals surface area (Å²) < 4.78 is 7.36. The third-order valence-electron chi connectivity index (χ3n) is 6.23. The van der Waals surface area contributed by atoms with Crippen molar-refractivity contribution in [3.8, 4) is 11.4 Å². The van der Waals surface area contributed by atoms with Crippen molar-refractivity contribution in [2.45, 2.75) is 32.7 Å². The van der Waals surface area contributed by atoms with Gasteiger partial charge in [0.05, 0.1) is 12.3 Å². The van der Waals surface area contributed by atoms with Gasteiger partial charge in [-0.05, 0) is 53.6 Å². The van der Waals surface area contributed by atoms with Crippen molar-refractivity contribution >= 4 is 27.5 Å². The number of nitrogens with one attached hydrogen (secondary N) is 1. The Kier molecular flexibility index (Phi) is 5.72. The predicted molar refractivity (Wildman–Crippen MR) is 129 cm³/mol. The van der Waals surface area contributed by atoms with E-state index < -0.39 is 0 Å². The molecule has 0 aromatic carbocycles. The van der Waals surface area contributed by atoms with Crippen LogP contribution in [-0.4, -0.2) is 44.9 Å². The summed E-state index contributed by atoms with van der Waals surface area (Å²) in [5.41, 5.74) is 4.19. The average molecular weight is 462 g/mol. The highest BCUT2D eigenvalue weighted by Crippen LogP contribution is 2.29. The van der Waals surface area contributed by atoms with Crippen LogP contribution in [0.15, 0.2) is 48.1 Å². The Balaban J connectivity index is 1.39. The van der Waals surface area contributed by atoms with Crippen LogP contribution in [0.4, 0.5) is 0 Å². The predicted octanol–water partition coefficient (Wildman–Crippen LogP) is 4.23. The Morgan fingerprint density at radius 3 is 2.88 bits per heavy atom. The maximum Gasteiger partial charge on any atom is 0.270 e. The number of fused-ring (bicyclic) bond motifs is 1. The summed E-state index contributed by atoms with van der Waals surface area (Å²) in [6.07, 6.45) is 5.27. The number of aromatic nitrogens is 4. The molecule has 4 aromatic heterocycles. The van der Waals surface area contributed by atoms with Crippen LogP contribution in [0.25, 0.3) is 21.6 Å². The minimum atomic E-state index is -0.129. The normalized spacial score (nSPS) is 17.8. The van der Waals surface area contributed by atoms with E-state index in [0.717, 1.165) is 39.2 Å². The van der Waals surface area contributed by atoms with Crippen LogP contribution in [0.1, 0.15) is 41.9 Å². The fraction of sp³-hybridized carbons (Fsp3) is 0.360. The lowest BCUT2D eigenvalue weighted by atomic mass is 9.82. The number of ether oxygens (including phenoxy) is 1. The summed E-state index contributed by atoms with van der Waals surface area (Å²) >= 11 is 1.55. The Labute approximate surface area is 196 Å². The van der Waals surface area contributed by atoms with Gasteiger partial charge in [0.2, 0.25) is 0 Å². The molecule has 1 saturated heterocycles. The molecule has 1 aliphatic rings. The molecule has 7 nitrogen and oxygen atoms in total. The molecular weight excluding hydrogens is 434 g/mol. The first kappa shape index (κ1) is 21.7. The lowest BCUT2D eigenvalue weighted by Crippen LogP contribution is -2.50. The highest BCUT2D eigenvalue weighted by Gasteiger charge is 2.34. The van der Waals surface area contributed by atoms with Crippen molar-refractivity contribution in [1.29, 1.82) is 0 Å². The minimum absolute atomic E-state index is 0.0615. The van der Waals surface area contributed by atoms with Crippen LogP contribution in [0, 0.1) is 5.41 Å². The zero-order valence-corrected chi connectivity index (χ0v) is 19.9. The van der Waals surface area contributed by atoms with Gasteiger partial charge < -0.3 is 10.1 Å². The Bertz CT molecular complexity index is 1290. The lowest BCUT2D eigenvalue weighted by Gasteiger charge is -2.38. The second-order valence-corrected chi connectivity index (χ2v) is 10.2. The van der Waals surface area contributed by atoms with E-state index in [1.165, 1.54) is 0 Å². The van der Waals surface area contributed by atoms with Gasteiger partial charge in [0.25, 0.3) is 5.91 Å². The molecule has 8 heteroatoms. The molecule has 0 radical (unpaired) electrons. The molecule has 1 N–H and O–H groups in total. The van der Waals surface area contributed by atoms with E-state index >= 15 is 0 Å². The van der Waals surface area contributed by atoms with Gasteiger partial charge in [0, 0.05) is 42.9 Å². The molecule has 0 aliphatic carbocycles. The van der Waals surface area contributed by atoms with E-state index in [-0.39, 0.29) is 17.4 Å². The van der Waals surface area contributed by atoms with E-state index in [1.807, 2.05) is 43.0 Å². The summed E-state index contributed by atoms with van der Waals surface area (Å²) in [6, 6.07) is 10.1. The summed E-state index contributed by atoms with van der Waals surface area (Å²) in [6.45, 7) is 5.56. The molecule has 5 heterocycles. The second-order valence-electron chi connectivity index (χ2n) is 9.27. The molecule has 0 spiro atoms. The molecule has 170 valence electrons. The molecule has 1 unspecified atom stereocenters. The molecule has 0 saturated carbocycles. The van der Waals surface area contributed by atoms with Gasteiger partial charge in [-0.15, -0.1) is 11.3 Å². The summed E-state index contributed by atoms with van der Waals surface area (Å²) in [5, 5.41) is 10.7. The Morgan fingerprint density at radius 1 is 1.27 bits per heavy atom. The number of amides is 1. The van der Waals surface area contributed by atoms with Crippen molar-refractivity contribution in [1.82, 2.24) is 25.1 Å². The third kappa shape index (κ3) is 4.54. The molecule has 1 amide bonds. The number of carbonyl (C=O) groups excluding carboxylic acids is 1. The number of thiophene rings is 1. The molecule has 1 atom stereocenters. The summed E-state index contributed by atoms with van der Waals surface area (Å²) in [5.74, 6) is -0.129. The van der Waals surface area contributed by atoms with Crippen molar-refractivity contribution in [3.63, 3.8) is 0 Å². The van der Waals surface area contributed by atoms with Crippen LogP contribution in [0.5, 0.6) is 0 Å². The molecule has 5 rings (SSSR count). The van der Waals surface area contributed by atoms with E-state index in [4.69, 9.17) is 4.74 Å². The van der Waals surface area contributed by atoms with E-state index in [1.54, 1.807) is 16.0 Å². The van der Waals surface area contributed by atoms with Gasteiger partial charge in [-0.3, -0.25) is 14.5 Å². The minimum Gasteiger partial charge on any atom is -0.381 e. The number of hydrogen-bond donors (Lipinski definition) is 1. The summed E-state index contributed by atoms with van der Waals surface area (Å²) in [4.78, 5) is 23.3. The Hall–Kier alpha value is -3.10. The van der Waals surface area contributed by atoms with E-state index in [2.05, 4.69) is 46.4 Å². The van der Waals surface area contributed by atoms with Crippen molar-refractivity contribution in [2.24, 2.45) is 12.5 Å². The zero-order chi connectivity index (χ0) is 23.0. The van der Waals surface area contributed by atoms with Crippen molar-refractivity contribution in [2.75, 3.05) is 13.2 Å². The number of aryl methyl sites for hydroxylation is 1. The first-order valence-corrected chi connectivity index (χ1v) is 12.0. The number of rotatable bonds is 5. The van der Waals surface area contributed by atoms with Gasteiger partial charge >= 0.3 is 0 Å². The van der Waals surface area contributed by atoms with Gasteiger partial charge in [0.1, 0.15) is 16.2 Å². The van der Waals surface area contributed by atoms with Gasteiger partial charge in [-0.1, -0.05) is 19.9 Å². The third-order valence-corrected chi connectivity index (χ3v) is 7.03. The quantitative estimate of drug-likeness (QED) is 0.481. The smallest absolute Gasteiger partial charge is 0.270 e. The van der Waals surface area contributed by atoms with E-state index in [9.17, 15) is 4.79 Å². The molecule has 33 heavy (non-hydrogen) atoms. The zero-order valence-electron chi connectivity index (χ0n) is 19.0. The standard InChI is InChI=1S/C25H27N5O2S/c1-25(2)15-32-10-7-22(25)28-23(31)21-13-17(18-8-11-33-24(18)27-21)12-16-4-5-19(26-14-16)20-6-9-30(3)29-20/h4-6,8-9,11,13-14,22H,7,10,12,15H2,1-3H3,(H,28,31). The number of pyridine rings is 2. The molecule has 4 aromatic rings. The first-order valence-electron chi connectivity index (χ1n) is 11.1. The second kappa shape index (κ2) is 8.68.